The lowest BCUT2D eigenvalue weighted by Gasteiger charge is -2.08. The van der Waals surface area contributed by atoms with Crippen molar-refractivity contribution in [2.45, 2.75) is 26.1 Å². The molecule has 20 heavy (non-hydrogen) atoms. The van der Waals surface area contributed by atoms with Gasteiger partial charge in [0.2, 0.25) is 5.78 Å². The van der Waals surface area contributed by atoms with Crippen molar-refractivity contribution in [1.82, 2.24) is 9.55 Å². The topological polar surface area (TPSA) is 34.9 Å². The zero-order valence-corrected chi connectivity index (χ0v) is 10.8. The molecule has 1 aromatic heterocycles. The highest BCUT2D eigenvalue weighted by atomic mass is 19.4. The molecule has 0 saturated carbocycles. The van der Waals surface area contributed by atoms with E-state index in [1.807, 2.05) is 6.92 Å². The fourth-order valence-corrected chi connectivity index (χ4v) is 1.88. The number of carbonyl (C=O) groups excluding carboxylic acids is 1. The van der Waals surface area contributed by atoms with Crippen molar-refractivity contribution in [3.05, 3.63) is 53.6 Å². The SMILES string of the molecule is CCCn1ccnc1C(=O)c1ccc(C(F)(F)F)cc1. The Balaban J connectivity index is 2.27. The number of alkyl halides is 3. The van der Waals surface area contributed by atoms with Crippen LogP contribution in [0.25, 0.3) is 0 Å². The van der Waals surface area contributed by atoms with Crippen molar-refractivity contribution in [3.8, 4) is 0 Å². The van der Waals surface area contributed by atoms with E-state index in [2.05, 4.69) is 4.98 Å². The van der Waals surface area contributed by atoms with E-state index >= 15 is 0 Å². The van der Waals surface area contributed by atoms with Crippen LogP contribution in [0, 0.1) is 0 Å². The minimum Gasteiger partial charge on any atom is -0.328 e. The highest BCUT2D eigenvalue weighted by molar-refractivity contribution is 6.06. The molecule has 2 rings (SSSR count). The summed E-state index contributed by atoms with van der Waals surface area (Å²) in [6.07, 6.45) is -0.375. The molecule has 0 spiro atoms. The van der Waals surface area contributed by atoms with E-state index in [0.717, 1.165) is 18.6 Å². The third kappa shape index (κ3) is 2.89. The maximum absolute atomic E-state index is 12.5. The summed E-state index contributed by atoms with van der Waals surface area (Å²) in [4.78, 5) is 16.2. The molecule has 0 saturated heterocycles. The van der Waals surface area contributed by atoms with Crippen LogP contribution in [-0.2, 0) is 12.7 Å². The van der Waals surface area contributed by atoms with Crippen LogP contribution in [0.4, 0.5) is 13.2 Å². The van der Waals surface area contributed by atoms with E-state index in [1.165, 1.54) is 18.3 Å². The molecule has 0 N–H and O–H groups in total. The molecule has 0 atom stereocenters. The molecule has 0 fully saturated rings. The van der Waals surface area contributed by atoms with Gasteiger partial charge in [-0.25, -0.2) is 4.98 Å². The molecule has 0 aliphatic rings. The molecule has 0 bridgehead atoms. The van der Waals surface area contributed by atoms with Gasteiger partial charge < -0.3 is 4.57 Å². The van der Waals surface area contributed by atoms with Crippen molar-refractivity contribution in [3.63, 3.8) is 0 Å². The molecule has 0 unspecified atom stereocenters. The second-order valence-corrected chi connectivity index (χ2v) is 4.35. The van der Waals surface area contributed by atoms with Gasteiger partial charge in [0, 0.05) is 24.5 Å². The molecule has 0 aliphatic heterocycles. The molecular weight excluding hydrogens is 269 g/mol. The van der Waals surface area contributed by atoms with E-state index in [9.17, 15) is 18.0 Å². The Morgan fingerprint density at radius 1 is 1.25 bits per heavy atom. The molecule has 1 aromatic carbocycles. The van der Waals surface area contributed by atoms with Crippen LogP contribution in [0.2, 0.25) is 0 Å². The number of rotatable bonds is 4. The maximum Gasteiger partial charge on any atom is 0.416 e. The Labute approximate surface area is 114 Å². The number of hydrogen-bond acceptors (Lipinski definition) is 2. The minimum atomic E-state index is -4.40. The lowest BCUT2D eigenvalue weighted by molar-refractivity contribution is -0.137. The molecule has 0 radical (unpaired) electrons. The summed E-state index contributed by atoms with van der Waals surface area (Å²) in [5, 5.41) is 0. The molecule has 6 heteroatoms. The normalized spacial score (nSPS) is 11.6. The van der Waals surface area contributed by atoms with Gasteiger partial charge in [-0.15, -0.1) is 0 Å². The first-order valence-electron chi connectivity index (χ1n) is 6.16. The van der Waals surface area contributed by atoms with E-state index in [1.54, 1.807) is 10.8 Å². The minimum absolute atomic E-state index is 0.196. The van der Waals surface area contributed by atoms with Crippen LogP contribution in [0.15, 0.2) is 36.7 Å². The van der Waals surface area contributed by atoms with Gasteiger partial charge in [0.1, 0.15) is 0 Å². The van der Waals surface area contributed by atoms with E-state index in [4.69, 9.17) is 0 Å². The largest absolute Gasteiger partial charge is 0.416 e. The Kier molecular flexibility index (Phi) is 3.92. The molecule has 3 nitrogen and oxygen atoms in total. The maximum atomic E-state index is 12.5. The molecule has 1 heterocycles. The smallest absolute Gasteiger partial charge is 0.328 e. The van der Waals surface area contributed by atoms with Gasteiger partial charge in [-0.2, -0.15) is 13.2 Å². The van der Waals surface area contributed by atoms with E-state index < -0.39 is 11.7 Å². The number of nitrogens with zero attached hydrogens (tertiary/aromatic N) is 2. The third-order valence-corrected chi connectivity index (χ3v) is 2.86. The fourth-order valence-electron chi connectivity index (χ4n) is 1.88. The van der Waals surface area contributed by atoms with Gasteiger partial charge >= 0.3 is 6.18 Å². The lowest BCUT2D eigenvalue weighted by Crippen LogP contribution is -2.12. The van der Waals surface area contributed by atoms with Crippen LogP contribution in [-0.4, -0.2) is 15.3 Å². The van der Waals surface area contributed by atoms with Crippen molar-refractivity contribution in [2.24, 2.45) is 0 Å². The van der Waals surface area contributed by atoms with Gasteiger partial charge in [-0.1, -0.05) is 19.1 Å². The molecule has 0 amide bonds. The summed E-state index contributed by atoms with van der Waals surface area (Å²) in [6, 6.07) is 4.16. The summed E-state index contributed by atoms with van der Waals surface area (Å²) in [5.74, 6) is -0.135. The van der Waals surface area contributed by atoms with Crippen LogP contribution in [0.5, 0.6) is 0 Å². The number of hydrogen-bond donors (Lipinski definition) is 0. The number of aryl methyl sites for hydroxylation is 1. The van der Waals surface area contributed by atoms with Crippen LogP contribution in [0.1, 0.15) is 35.1 Å². The van der Waals surface area contributed by atoms with Gasteiger partial charge in [0.05, 0.1) is 5.56 Å². The Hall–Kier alpha value is -2.11. The molecule has 0 aliphatic carbocycles. The number of ketones is 1. The molecule has 106 valence electrons. The van der Waals surface area contributed by atoms with Crippen molar-refractivity contribution >= 4 is 5.78 Å². The van der Waals surface area contributed by atoms with Gasteiger partial charge in [0.15, 0.2) is 5.82 Å². The highest BCUT2D eigenvalue weighted by Crippen LogP contribution is 2.29. The first kappa shape index (κ1) is 14.3. The zero-order valence-electron chi connectivity index (χ0n) is 10.8. The van der Waals surface area contributed by atoms with Crippen LogP contribution in [0.3, 0.4) is 0 Å². The predicted octanol–water partition coefficient (Wildman–Crippen LogP) is 3.54. The molecular formula is C14H13F3N2O. The first-order chi connectivity index (χ1) is 9.43. The number of aromatic nitrogens is 2. The van der Waals surface area contributed by atoms with Gasteiger partial charge in [-0.3, -0.25) is 4.79 Å². The Morgan fingerprint density at radius 2 is 1.90 bits per heavy atom. The Bertz CT molecular complexity index is 600. The zero-order chi connectivity index (χ0) is 14.8. The average Bonchev–Trinajstić information content (AvgIpc) is 2.86. The number of imidazole rings is 1. The quantitative estimate of drug-likeness (QED) is 0.804. The summed E-state index contributed by atoms with van der Waals surface area (Å²) in [7, 11) is 0. The van der Waals surface area contributed by atoms with Crippen LogP contribution < -0.4 is 0 Å². The predicted molar refractivity (Wildman–Crippen MR) is 67.4 cm³/mol. The standard InChI is InChI=1S/C14H13F3N2O/c1-2-8-19-9-7-18-13(19)12(20)10-3-5-11(6-4-10)14(15,16)17/h3-7,9H,2,8H2,1H3. The first-order valence-corrected chi connectivity index (χ1v) is 6.16. The van der Waals surface area contributed by atoms with E-state index in [-0.39, 0.29) is 17.2 Å². The summed E-state index contributed by atoms with van der Waals surface area (Å²) < 4.78 is 39.1. The average molecular weight is 282 g/mol. The fraction of sp³-hybridized carbons (Fsp3) is 0.286. The highest BCUT2D eigenvalue weighted by Gasteiger charge is 2.30. The number of benzene rings is 1. The number of carbonyl (C=O) groups is 1. The summed E-state index contributed by atoms with van der Waals surface area (Å²) in [6.45, 7) is 2.61. The lowest BCUT2D eigenvalue weighted by atomic mass is 10.1. The van der Waals surface area contributed by atoms with Crippen LogP contribution >= 0.6 is 0 Å². The van der Waals surface area contributed by atoms with Gasteiger partial charge in [0.25, 0.3) is 0 Å². The van der Waals surface area contributed by atoms with E-state index in [0.29, 0.717) is 6.54 Å². The Morgan fingerprint density at radius 3 is 2.45 bits per heavy atom. The van der Waals surface area contributed by atoms with Gasteiger partial charge in [-0.05, 0) is 18.6 Å². The monoisotopic (exact) mass is 282 g/mol. The van der Waals surface area contributed by atoms with Crippen molar-refractivity contribution < 1.29 is 18.0 Å². The summed E-state index contributed by atoms with van der Waals surface area (Å²) in [5.41, 5.74) is -0.576. The molecule has 2 aromatic rings. The third-order valence-electron chi connectivity index (χ3n) is 2.86. The second-order valence-electron chi connectivity index (χ2n) is 4.35. The van der Waals surface area contributed by atoms with Crippen molar-refractivity contribution in [2.75, 3.05) is 0 Å². The number of halogens is 3. The second kappa shape index (κ2) is 5.48. The summed E-state index contributed by atoms with van der Waals surface area (Å²) >= 11 is 0. The van der Waals surface area contributed by atoms with Crippen molar-refractivity contribution in [1.29, 1.82) is 0 Å².